The van der Waals surface area contributed by atoms with Crippen LogP contribution in [0.4, 0.5) is 0 Å². The first-order chi connectivity index (χ1) is 9.93. The molecule has 0 aliphatic heterocycles. The Kier molecular flexibility index (Phi) is 5.97. The first-order valence-electron chi connectivity index (χ1n) is 9.55. The van der Waals surface area contributed by atoms with Gasteiger partial charge in [0.2, 0.25) is 0 Å². The molecule has 2 saturated carbocycles. The van der Waals surface area contributed by atoms with E-state index in [-0.39, 0.29) is 0 Å². The van der Waals surface area contributed by atoms with Gasteiger partial charge in [-0.1, -0.05) is 45.8 Å². The van der Waals surface area contributed by atoms with E-state index < -0.39 is 0 Å². The van der Waals surface area contributed by atoms with Crippen molar-refractivity contribution in [1.82, 2.24) is 0 Å². The molecule has 0 spiro atoms. The summed E-state index contributed by atoms with van der Waals surface area (Å²) in [5, 5.41) is 0. The van der Waals surface area contributed by atoms with Gasteiger partial charge < -0.3 is 0 Å². The van der Waals surface area contributed by atoms with Crippen LogP contribution in [0.25, 0.3) is 0 Å². The lowest BCUT2D eigenvalue weighted by Gasteiger charge is -2.38. The van der Waals surface area contributed by atoms with Gasteiger partial charge in [0.25, 0.3) is 0 Å². The highest BCUT2D eigenvalue weighted by Gasteiger charge is 2.55. The first-order valence-corrected chi connectivity index (χ1v) is 9.55. The second-order valence-electron chi connectivity index (χ2n) is 8.68. The van der Waals surface area contributed by atoms with Crippen molar-refractivity contribution in [2.75, 3.05) is 0 Å². The Labute approximate surface area is 133 Å². The van der Waals surface area contributed by atoms with E-state index in [0.29, 0.717) is 0 Å². The maximum Gasteiger partial charge on any atom is -0.0320 e. The average molecular weight is 291 g/mol. The highest BCUT2D eigenvalue weighted by atomic mass is 14.6. The van der Waals surface area contributed by atoms with Crippen molar-refractivity contribution < 1.29 is 0 Å². The van der Waals surface area contributed by atoms with E-state index in [9.17, 15) is 0 Å². The minimum Gasteiger partial charge on any atom is -0.0887 e. The van der Waals surface area contributed by atoms with Gasteiger partial charge in [0.05, 0.1) is 0 Å². The molecule has 6 atom stereocenters. The first kappa shape index (κ1) is 17.1. The molecule has 122 valence electrons. The van der Waals surface area contributed by atoms with Crippen molar-refractivity contribution in [1.29, 1.82) is 0 Å². The van der Waals surface area contributed by atoms with Crippen molar-refractivity contribution in [3.05, 3.63) is 11.6 Å². The normalized spacial score (nSPS) is 32.3. The highest BCUT2D eigenvalue weighted by Crippen LogP contribution is 2.63. The van der Waals surface area contributed by atoms with Crippen LogP contribution >= 0.6 is 0 Å². The fourth-order valence-corrected chi connectivity index (χ4v) is 4.59. The van der Waals surface area contributed by atoms with Crippen molar-refractivity contribution in [2.24, 2.45) is 41.4 Å². The van der Waals surface area contributed by atoms with Crippen molar-refractivity contribution in [3.63, 3.8) is 0 Å². The van der Waals surface area contributed by atoms with Crippen LogP contribution in [0.2, 0.25) is 0 Å². The molecule has 0 aromatic rings. The van der Waals surface area contributed by atoms with Crippen LogP contribution in [-0.2, 0) is 0 Å². The third kappa shape index (κ3) is 4.36. The minimum atomic E-state index is 0.856. The van der Waals surface area contributed by atoms with E-state index in [1.54, 1.807) is 18.4 Å². The topological polar surface area (TPSA) is 0 Å². The Hall–Kier alpha value is -0.260. The van der Waals surface area contributed by atoms with E-state index in [2.05, 4.69) is 47.6 Å². The van der Waals surface area contributed by atoms with Gasteiger partial charge in [-0.25, -0.2) is 0 Å². The molecule has 0 radical (unpaired) electrons. The number of hydrogen-bond donors (Lipinski definition) is 0. The van der Waals surface area contributed by atoms with E-state index in [1.807, 2.05) is 0 Å². The van der Waals surface area contributed by atoms with Crippen LogP contribution in [0, 0.1) is 41.4 Å². The zero-order chi connectivity index (χ0) is 15.6. The summed E-state index contributed by atoms with van der Waals surface area (Å²) in [6.07, 6.45) is 11.0. The van der Waals surface area contributed by atoms with Gasteiger partial charge in [-0.15, -0.1) is 0 Å². The van der Waals surface area contributed by atoms with E-state index in [1.165, 1.54) is 25.7 Å². The van der Waals surface area contributed by atoms with Gasteiger partial charge >= 0.3 is 0 Å². The second kappa shape index (κ2) is 7.34. The summed E-state index contributed by atoms with van der Waals surface area (Å²) in [6, 6.07) is 0. The van der Waals surface area contributed by atoms with Crippen LogP contribution in [0.1, 0.15) is 80.1 Å². The Morgan fingerprint density at radius 2 is 1.76 bits per heavy atom. The van der Waals surface area contributed by atoms with Crippen LogP contribution in [0.15, 0.2) is 11.6 Å². The maximum absolute atomic E-state index is 2.57. The third-order valence-corrected chi connectivity index (χ3v) is 6.87. The number of rotatable bonds is 9. The molecule has 0 aromatic heterocycles. The molecular formula is C21H38. The fraction of sp³-hybridized carbons (Fsp3) is 0.905. The van der Waals surface area contributed by atoms with E-state index in [4.69, 9.17) is 0 Å². The molecule has 0 nitrogen and oxygen atoms in total. The SMILES string of the molecule is CC=C(C)CCC(CCC(C)C)C(C)C(C)C1CC2CC21. The predicted molar refractivity (Wildman–Crippen MR) is 94.3 cm³/mol. The molecule has 0 heterocycles. The number of hydrogen-bond acceptors (Lipinski definition) is 0. The van der Waals surface area contributed by atoms with E-state index >= 15 is 0 Å². The molecule has 0 bridgehead atoms. The number of fused-ring (bicyclic) bond motifs is 1. The Balaban J connectivity index is 1.88. The Morgan fingerprint density at radius 3 is 2.24 bits per heavy atom. The minimum absolute atomic E-state index is 0.856. The standard InChI is InChI=1S/C21H38/c1-7-15(4)9-11-18(10-8-14(2)3)16(5)17(6)20-12-19-13-21(19)20/h7,14,16-21H,8-13H2,1-6H3. The molecule has 2 aliphatic rings. The Bertz CT molecular complexity index is 351. The lowest BCUT2D eigenvalue weighted by Crippen LogP contribution is -2.31. The summed E-state index contributed by atoms with van der Waals surface area (Å²) in [7, 11) is 0. The summed E-state index contributed by atoms with van der Waals surface area (Å²) >= 11 is 0. The largest absolute Gasteiger partial charge is 0.0887 e. The molecule has 0 heteroatoms. The second-order valence-corrected chi connectivity index (χ2v) is 8.68. The van der Waals surface area contributed by atoms with Crippen LogP contribution in [-0.4, -0.2) is 0 Å². The van der Waals surface area contributed by atoms with Gasteiger partial charge in [-0.05, 0) is 87.4 Å². The van der Waals surface area contributed by atoms with Gasteiger partial charge in [-0.3, -0.25) is 0 Å². The molecule has 21 heavy (non-hydrogen) atoms. The van der Waals surface area contributed by atoms with E-state index in [0.717, 1.165) is 41.4 Å². The summed E-state index contributed by atoms with van der Waals surface area (Å²) in [5.41, 5.74) is 1.58. The van der Waals surface area contributed by atoms with Crippen LogP contribution < -0.4 is 0 Å². The highest BCUT2D eigenvalue weighted by molar-refractivity contribution is 5.05. The summed E-state index contributed by atoms with van der Waals surface area (Å²) in [6.45, 7) is 14.4. The molecule has 0 N–H and O–H groups in total. The quantitative estimate of drug-likeness (QED) is 0.414. The smallest absolute Gasteiger partial charge is 0.0320 e. The maximum atomic E-state index is 2.57. The van der Waals surface area contributed by atoms with Crippen LogP contribution in [0.3, 0.4) is 0 Å². The Morgan fingerprint density at radius 1 is 1.05 bits per heavy atom. The molecular weight excluding hydrogens is 252 g/mol. The third-order valence-electron chi connectivity index (χ3n) is 6.87. The predicted octanol–water partition coefficient (Wildman–Crippen LogP) is 6.71. The van der Waals surface area contributed by atoms with Gasteiger partial charge in [0, 0.05) is 0 Å². The van der Waals surface area contributed by atoms with Crippen molar-refractivity contribution in [3.8, 4) is 0 Å². The molecule has 2 fully saturated rings. The van der Waals surface area contributed by atoms with Crippen molar-refractivity contribution in [2.45, 2.75) is 80.1 Å². The number of allylic oxidation sites excluding steroid dienone is 2. The zero-order valence-electron chi connectivity index (χ0n) is 15.4. The molecule has 2 rings (SSSR count). The molecule has 0 amide bonds. The van der Waals surface area contributed by atoms with Gasteiger partial charge in [0.15, 0.2) is 0 Å². The average Bonchev–Trinajstić information content (AvgIpc) is 3.07. The lowest BCUT2D eigenvalue weighted by molar-refractivity contribution is 0.107. The van der Waals surface area contributed by atoms with Gasteiger partial charge in [0.1, 0.15) is 0 Å². The summed E-state index contributed by atoms with van der Waals surface area (Å²) in [4.78, 5) is 0. The molecule has 2 aliphatic carbocycles. The molecule has 0 saturated heterocycles. The monoisotopic (exact) mass is 290 g/mol. The molecule has 0 aromatic carbocycles. The van der Waals surface area contributed by atoms with Gasteiger partial charge in [-0.2, -0.15) is 0 Å². The summed E-state index contributed by atoms with van der Waals surface area (Å²) in [5.74, 6) is 7.05. The molecule has 6 unspecified atom stereocenters. The van der Waals surface area contributed by atoms with Crippen molar-refractivity contribution >= 4 is 0 Å². The fourth-order valence-electron chi connectivity index (χ4n) is 4.59. The lowest BCUT2D eigenvalue weighted by atomic mass is 9.67. The zero-order valence-corrected chi connectivity index (χ0v) is 15.4. The summed E-state index contributed by atoms with van der Waals surface area (Å²) < 4.78 is 0. The van der Waals surface area contributed by atoms with Crippen LogP contribution in [0.5, 0.6) is 0 Å².